The van der Waals surface area contributed by atoms with E-state index in [0.717, 1.165) is 11.1 Å². The molecule has 10 heteroatoms. The summed E-state index contributed by atoms with van der Waals surface area (Å²) in [6.07, 6.45) is 1.64. The van der Waals surface area contributed by atoms with Gasteiger partial charge in [-0.05, 0) is 108 Å². The second-order valence-electron chi connectivity index (χ2n) is 11.6. The molecule has 41 heavy (non-hydrogen) atoms. The van der Waals surface area contributed by atoms with E-state index in [1.54, 1.807) is 77.9 Å². The van der Waals surface area contributed by atoms with Crippen LogP contribution in [0, 0.1) is 36.5 Å². The van der Waals surface area contributed by atoms with Crippen LogP contribution in [0.3, 0.4) is 0 Å². The Morgan fingerprint density at radius 2 is 1.00 bits per heavy atom. The van der Waals surface area contributed by atoms with Crippen LogP contribution in [-0.2, 0) is 9.59 Å². The summed E-state index contributed by atoms with van der Waals surface area (Å²) in [5.74, 6) is -0.603. The van der Waals surface area contributed by atoms with Gasteiger partial charge in [0, 0.05) is 24.5 Å². The Bertz CT molecular complexity index is 1420. The van der Waals surface area contributed by atoms with Crippen molar-refractivity contribution < 1.29 is 19.2 Å². The molecule has 2 fully saturated rings. The molecule has 2 aromatic rings. The Morgan fingerprint density at radius 1 is 0.634 bits per heavy atom. The Labute approximate surface area is 240 Å². The van der Waals surface area contributed by atoms with Gasteiger partial charge in [0.2, 0.25) is 0 Å². The molecule has 0 bridgehead atoms. The lowest BCUT2D eigenvalue weighted by Gasteiger charge is -2.28. The maximum Gasteiger partial charge on any atom is 0.332 e. The molecule has 4 rings (SSSR count). The van der Waals surface area contributed by atoms with E-state index < -0.39 is 23.1 Å². The summed E-state index contributed by atoms with van der Waals surface area (Å²) in [7, 11) is 0. The van der Waals surface area contributed by atoms with Crippen LogP contribution in [0.15, 0.2) is 36.4 Å². The van der Waals surface area contributed by atoms with E-state index in [9.17, 15) is 29.7 Å². The summed E-state index contributed by atoms with van der Waals surface area (Å²) in [6.45, 7) is 10.8. The van der Waals surface area contributed by atoms with Crippen molar-refractivity contribution in [3.63, 3.8) is 0 Å². The van der Waals surface area contributed by atoms with E-state index in [0.29, 0.717) is 41.8 Å². The smallest absolute Gasteiger partial charge is 0.279 e. The summed E-state index contributed by atoms with van der Waals surface area (Å²) < 4.78 is 0. The van der Waals surface area contributed by atoms with E-state index in [4.69, 9.17) is 0 Å². The van der Waals surface area contributed by atoms with Gasteiger partial charge in [-0.15, -0.1) is 0 Å². The number of imide groups is 2. The highest BCUT2D eigenvalue weighted by molar-refractivity contribution is 6.17. The number of nitriles is 2. The van der Waals surface area contributed by atoms with Gasteiger partial charge in [-0.25, -0.2) is 9.59 Å². The maximum atomic E-state index is 13.3. The number of carbonyl (C=O) groups is 4. The molecular weight excluding hydrogens is 520 g/mol. The standard InChI is InChI=1S/C31H34N6O4/c1-20-16-24(12-10-22(20)18-32)36-28(40)34(26(38)30(36,3)4)14-8-7-9-15-35-27(39)31(5,6)37(29(35)41)25-13-11-23(19-33)21(2)17-25/h10-13,16-17H,7-9,14-15H2,1-6H3. The molecule has 6 amide bonds. The average Bonchev–Trinajstić information content (AvgIpc) is 3.19. The minimum atomic E-state index is -1.08. The topological polar surface area (TPSA) is 129 Å². The van der Waals surface area contributed by atoms with Crippen LogP contribution in [0.5, 0.6) is 0 Å². The molecule has 2 aliphatic rings. The molecular formula is C31H34N6O4. The zero-order chi connectivity index (χ0) is 30.3. The first-order valence-electron chi connectivity index (χ1n) is 13.6. The monoisotopic (exact) mass is 554 g/mol. The first kappa shape index (κ1) is 29.3. The van der Waals surface area contributed by atoms with E-state index in [-0.39, 0.29) is 24.9 Å². The number of amides is 6. The third-order valence-corrected chi connectivity index (χ3v) is 7.94. The summed E-state index contributed by atoms with van der Waals surface area (Å²) in [5, 5.41) is 18.5. The van der Waals surface area contributed by atoms with Gasteiger partial charge in [0.15, 0.2) is 0 Å². The number of hydrogen-bond donors (Lipinski definition) is 0. The highest BCUT2D eigenvalue weighted by atomic mass is 16.2. The van der Waals surface area contributed by atoms with Crippen LogP contribution >= 0.6 is 0 Å². The number of rotatable bonds is 8. The number of unbranched alkanes of at least 4 members (excludes halogenated alkanes) is 2. The Kier molecular flexibility index (Phi) is 7.64. The van der Waals surface area contributed by atoms with Gasteiger partial charge in [0.1, 0.15) is 11.1 Å². The van der Waals surface area contributed by atoms with Crippen molar-refractivity contribution in [1.82, 2.24) is 9.80 Å². The highest BCUT2D eigenvalue weighted by Gasteiger charge is 2.53. The van der Waals surface area contributed by atoms with E-state index in [1.807, 2.05) is 0 Å². The molecule has 0 atom stereocenters. The zero-order valence-corrected chi connectivity index (χ0v) is 24.3. The lowest BCUT2D eigenvalue weighted by atomic mass is 10.0. The maximum absolute atomic E-state index is 13.3. The van der Waals surface area contributed by atoms with Crippen LogP contribution in [0.1, 0.15) is 69.2 Å². The molecule has 2 aliphatic heterocycles. The van der Waals surface area contributed by atoms with Crippen molar-refractivity contribution in [3.8, 4) is 12.1 Å². The molecule has 0 N–H and O–H groups in total. The third-order valence-electron chi connectivity index (χ3n) is 7.94. The van der Waals surface area contributed by atoms with Crippen molar-refractivity contribution in [3.05, 3.63) is 58.7 Å². The largest absolute Gasteiger partial charge is 0.332 e. The molecule has 0 saturated carbocycles. The van der Waals surface area contributed by atoms with Gasteiger partial charge in [-0.1, -0.05) is 0 Å². The molecule has 0 spiro atoms. The normalized spacial score (nSPS) is 17.9. The number of nitrogens with zero attached hydrogens (tertiary/aromatic N) is 6. The fraction of sp³-hybridized carbons (Fsp3) is 0.419. The quantitative estimate of drug-likeness (QED) is 0.333. The predicted octanol–water partition coefficient (Wildman–Crippen LogP) is 5.01. The molecule has 0 aromatic heterocycles. The zero-order valence-electron chi connectivity index (χ0n) is 24.3. The van der Waals surface area contributed by atoms with E-state index in [2.05, 4.69) is 12.1 Å². The van der Waals surface area contributed by atoms with Gasteiger partial charge in [0.05, 0.1) is 23.3 Å². The van der Waals surface area contributed by atoms with Gasteiger partial charge in [-0.3, -0.25) is 29.2 Å². The van der Waals surface area contributed by atoms with E-state index in [1.165, 1.54) is 19.6 Å². The SMILES string of the molecule is Cc1cc(N2C(=O)N(CCCCCN3C(=O)N(c4ccc(C#N)c(C)c4)C(C)(C)C3=O)C(=O)C2(C)C)ccc1C#N. The van der Waals surface area contributed by atoms with E-state index >= 15 is 0 Å². The lowest BCUT2D eigenvalue weighted by Crippen LogP contribution is -2.44. The third kappa shape index (κ3) is 4.91. The lowest BCUT2D eigenvalue weighted by molar-refractivity contribution is -0.130. The Hall–Kier alpha value is -4.70. The second-order valence-corrected chi connectivity index (χ2v) is 11.6. The first-order chi connectivity index (χ1) is 19.3. The van der Waals surface area contributed by atoms with Crippen molar-refractivity contribution in [1.29, 1.82) is 10.5 Å². The average molecular weight is 555 g/mol. The Morgan fingerprint density at radius 3 is 1.32 bits per heavy atom. The van der Waals surface area contributed by atoms with Crippen LogP contribution in [0.4, 0.5) is 21.0 Å². The van der Waals surface area contributed by atoms with Crippen molar-refractivity contribution in [2.24, 2.45) is 0 Å². The van der Waals surface area contributed by atoms with Crippen LogP contribution in [0.2, 0.25) is 0 Å². The number of urea groups is 2. The predicted molar refractivity (Wildman–Crippen MR) is 153 cm³/mol. The molecule has 212 valence electrons. The summed E-state index contributed by atoms with van der Waals surface area (Å²) in [5.41, 5.74) is 1.43. The molecule has 2 heterocycles. The van der Waals surface area contributed by atoms with Gasteiger partial charge in [0.25, 0.3) is 11.8 Å². The summed E-state index contributed by atoms with van der Waals surface area (Å²) >= 11 is 0. The van der Waals surface area contributed by atoms with Gasteiger partial charge < -0.3 is 0 Å². The summed E-state index contributed by atoms with van der Waals surface area (Å²) in [6, 6.07) is 13.5. The number of aryl methyl sites for hydroxylation is 2. The number of carbonyl (C=O) groups excluding carboxylic acids is 4. The molecule has 0 unspecified atom stereocenters. The van der Waals surface area contributed by atoms with Crippen molar-refractivity contribution in [2.75, 3.05) is 22.9 Å². The van der Waals surface area contributed by atoms with Gasteiger partial charge in [-0.2, -0.15) is 10.5 Å². The van der Waals surface area contributed by atoms with Crippen molar-refractivity contribution in [2.45, 2.75) is 71.9 Å². The molecule has 2 aromatic carbocycles. The number of hydrogen-bond acceptors (Lipinski definition) is 6. The molecule has 0 radical (unpaired) electrons. The minimum Gasteiger partial charge on any atom is -0.279 e. The first-order valence-corrected chi connectivity index (χ1v) is 13.6. The minimum absolute atomic E-state index is 0.219. The van der Waals surface area contributed by atoms with Crippen LogP contribution < -0.4 is 9.80 Å². The second kappa shape index (κ2) is 10.7. The number of anilines is 2. The fourth-order valence-electron chi connectivity index (χ4n) is 5.55. The highest BCUT2D eigenvalue weighted by Crippen LogP contribution is 2.36. The van der Waals surface area contributed by atoms with Crippen molar-refractivity contribution >= 4 is 35.3 Å². The van der Waals surface area contributed by atoms with Crippen LogP contribution in [-0.4, -0.2) is 57.8 Å². The fourth-order valence-corrected chi connectivity index (χ4v) is 5.55. The molecule has 0 aliphatic carbocycles. The summed E-state index contributed by atoms with van der Waals surface area (Å²) in [4.78, 5) is 58.4. The number of benzene rings is 2. The van der Waals surface area contributed by atoms with Gasteiger partial charge >= 0.3 is 12.1 Å². The van der Waals surface area contributed by atoms with Crippen LogP contribution in [0.25, 0.3) is 0 Å². The molecule has 2 saturated heterocycles. The Balaban J connectivity index is 1.37. The molecule has 10 nitrogen and oxygen atoms in total.